The topological polar surface area (TPSA) is 93.5 Å². The van der Waals surface area contributed by atoms with Crippen LogP contribution in [0.1, 0.15) is 46.8 Å². The van der Waals surface area contributed by atoms with Gasteiger partial charge in [0.15, 0.2) is 0 Å². The predicted molar refractivity (Wildman–Crippen MR) is 118 cm³/mol. The SMILES string of the molecule is Cc1noc(C)c1COc1cccc(C(=O)NCc2cccc(NC(=O)C(C)C)c2)c1. The number of anilines is 1. The number of rotatable bonds is 8. The maximum Gasteiger partial charge on any atom is 0.251 e. The molecule has 0 spiro atoms. The first kappa shape index (κ1) is 22.1. The maximum absolute atomic E-state index is 12.6. The zero-order chi connectivity index (χ0) is 22.4. The van der Waals surface area contributed by atoms with Crippen molar-refractivity contribution in [1.82, 2.24) is 10.5 Å². The first-order valence-corrected chi connectivity index (χ1v) is 10.2. The highest BCUT2D eigenvalue weighted by Gasteiger charge is 2.12. The summed E-state index contributed by atoms with van der Waals surface area (Å²) >= 11 is 0. The zero-order valence-corrected chi connectivity index (χ0v) is 18.2. The first-order chi connectivity index (χ1) is 14.8. The molecule has 2 N–H and O–H groups in total. The van der Waals surface area contributed by atoms with Crippen molar-refractivity contribution in [1.29, 1.82) is 0 Å². The summed E-state index contributed by atoms with van der Waals surface area (Å²) in [5.41, 5.74) is 3.79. The molecule has 0 atom stereocenters. The standard InChI is InChI=1S/C24H27N3O4/c1-15(2)23(28)26-20-9-5-7-18(11-20)13-25-24(29)19-8-6-10-21(12-19)30-14-22-16(3)27-31-17(22)4/h5-12,15H,13-14H2,1-4H3,(H,25,29)(H,26,28). The van der Waals surface area contributed by atoms with Crippen molar-refractivity contribution in [3.8, 4) is 5.75 Å². The van der Waals surface area contributed by atoms with E-state index in [4.69, 9.17) is 9.26 Å². The lowest BCUT2D eigenvalue weighted by molar-refractivity contribution is -0.118. The summed E-state index contributed by atoms with van der Waals surface area (Å²) in [7, 11) is 0. The van der Waals surface area contributed by atoms with Crippen LogP contribution in [0.15, 0.2) is 53.1 Å². The van der Waals surface area contributed by atoms with Crippen LogP contribution in [0.2, 0.25) is 0 Å². The number of ether oxygens (including phenoxy) is 1. The van der Waals surface area contributed by atoms with Crippen LogP contribution in [0.25, 0.3) is 0 Å². The fourth-order valence-electron chi connectivity index (χ4n) is 2.92. The minimum atomic E-state index is -0.209. The number of nitrogens with one attached hydrogen (secondary N) is 2. The Balaban J connectivity index is 1.58. The summed E-state index contributed by atoms with van der Waals surface area (Å²) in [5.74, 6) is 0.953. The second-order valence-corrected chi connectivity index (χ2v) is 7.65. The van der Waals surface area contributed by atoms with E-state index in [2.05, 4.69) is 15.8 Å². The fraction of sp³-hybridized carbons (Fsp3) is 0.292. The number of carbonyl (C=O) groups is 2. The third-order valence-corrected chi connectivity index (χ3v) is 4.83. The van der Waals surface area contributed by atoms with Gasteiger partial charge in [-0.1, -0.05) is 37.2 Å². The second-order valence-electron chi connectivity index (χ2n) is 7.65. The summed E-state index contributed by atoms with van der Waals surface area (Å²) < 4.78 is 11.0. The lowest BCUT2D eigenvalue weighted by Gasteiger charge is -2.11. The Labute approximate surface area is 181 Å². The lowest BCUT2D eigenvalue weighted by Crippen LogP contribution is -2.23. The highest BCUT2D eigenvalue weighted by molar-refractivity contribution is 5.94. The van der Waals surface area contributed by atoms with E-state index in [9.17, 15) is 9.59 Å². The molecule has 3 aromatic rings. The molecule has 0 fully saturated rings. The van der Waals surface area contributed by atoms with Crippen LogP contribution in [0.3, 0.4) is 0 Å². The molecular weight excluding hydrogens is 394 g/mol. The quantitative estimate of drug-likeness (QED) is 0.562. The van der Waals surface area contributed by atoms with E-state index in [0.29, 0.717) is 30.2 Å². The van der Waals surface area contributed by atoms with Crippen LogP contribution in [0, 0.1) is 19.8 Å². The van der Waals surface area contributed by atoms with E-state index < -0.39 is 0 Å². The summed E-state index contributed by atoms with van der Waals surface area (Å²) in [6.07, 6.45) is 0. The summed E-state index contributed by atoms with van der Waals surface area (Å²) in [6.45, 7) is 8.04. The second kappa shape index (κ2) is 9.93. The van der Waals surface area contributed by atoms with Crippen LogP contribution < -0.4 is 15.4 Å². The highest BCUT2D eigenvalue weighted by atomic mass is 16.5. The Bertz CT molecular complexity index is 1050. The molecule has 31 heavy (non-hydrogen) atoms. The zero-order valence-electron chi connectivity index (χ0n) is 18.2. The molecule has 2 aromatic carbocycles. The van der Waals surface area contributed by atoms with Gasteiger partial charge in [-0.25, -0.2) is 0 Å². The molecule has 162 valence electrons. The van der Waals surface area contributed by atoms with Crippen LogP contribution >= 0.6 is 0 Å². The molecule has 0 saturated heterocycles. The molecule has 0 aliphatic rings. The number of nitrogens with zero attached hydrogens (tertiary/aromatic N) is 1. The van der Waals surface area contributed by atoms with Crippen molar-refractivity contribution in [2.24, 2.45) is 5.92 Å². The Kier molecular flexibility index (Phi) is 7.07. The molecule has 7 nitrogen and oxygen atoms in total. The normalized spacial score (nSPS) is 10.7. The predicted octanol–water partition coefficient (Wildman–Crippen LogP) is 4.39. The minimum Gasteiger partial charge on any atom is -0.489 e. The highest BCUT2D eigenvalue weighted by Crippen LogP contribution is 2.19. The van der Waals surface area contributed by atoms with Crippen molar-refractivity contribution in [2.75, 3.05) is 5.32 Å². The van der Waals surface area contributed by atoms with Gasteiger partial charge in [-0.3, -0.25) is 9.59 Å². The average Bonchev–Trinajstić information content (AvgIpc) is 3.08. The number of hydrogen-bond acceptors (Lipinski definition) is 5. The molecule has 0 aliphatic carbocycles. The molecule has 7 heteroatoms. The Morgan fingerprint density at radius 2 is 1.87 bits per heavy atom. The molecule has 0 saturated carbocycles. The van der Waals surface area contributed by atoms with Gasteiger partial charge >= 0.3 is 0 Å². The van der Waals surface area contributed by atoms with Gasteiger partial charge in [-0.05, 0) is 49.7 Å². The Hall–Kier alpha value is -3.61. The van der Waals surface area contributed by atoms with Crippen LogP contribution in [0.4, 0.5) is 5.69 Å². The lowest BCUT2D eigenvalue weighted by atomic mass is 10.1. The number of hydrogen-bond donors (Lipinski definition) is 2. The van der Waals surface area contributed by atoms with Gasteiger partial charge in [0.05, 0.1) is 11.3 Å². The van der Waals surface area contributed by atoms with Gasteiger partial charge in [-0.2, -0.15) is 0 Å². The van der Waals surface area contributed by atoms with Crippen molar-refractivity contribution in [3.63, 3.8) is 0 Å². The smallest absolute Gasteiger partial charge is 0.251 e. The molecule has 1 aromatic heterocycles. The molecule has 0 radical (unpaired) electrons. The van der Waals surface area contributed by atoms with Crippen LogP contribution in [-0.2, 0) is 17.9 Å². The molecular formula is C24H27N3O4. The van der Waals surface area contributed by atoms with Crippen molar-refractivity contribution < 1.29 is 18.8 Å². The van der Waals surface area contributed by atoms with Gasteiger partial charge in [0.1, 0.15) is 18.1 Å². The average molecular weight is 421 g/mol. The van der Waals surface area contributed by atoms with E-state index in [0.717, 1.165) is 22.6 Å². The Morgan fingerprint density at radius 3 is 2.58 bits per heavy atom. The third-order valence-electron chi connectivity index (χ3n) is 4.83. The molecule has 0 aliphatic heterocycles. The molecule has 2 amide bonds. The molecule has 1 heterocycles. The van der Waals surface area contributed by atoms with Crippen molar-refractivity contribution in [3.05, 3.63) is 76.7 Å². The number of aryl methyl sites for hydroxylation is 2. The number of aromatic nitrogens is 1. The van der Waals surface area contributed by atoms with Crippen LogP contribution in [-0.4, -0.2) is 17.0 Å². The third kappa shape index (κ3) is 5.94. The van der Waals surface area contributed by atoms with Gasteiger partial charge in [0.2, 0.25) is 5.91 Å². The molecule has 0 unspecified atom stereocenters. The van der Waals surface area contributed by atoms with Gasteiger partial charge in [0, 0.05) is 23.7 Å². The van der Waals surface area contributed by atoms with E-state index in [1.165, 1.54) is 0 Å². The first-order valence-electron chi connectivity index (χ1n) is 10.2. The molecule has 0 bridgehead atoms. The van der Waals surface area contributed by atoms with Gasteiger partial charge < -0.3 is 19.9 Å². The van der Waals surface area contributed by atoms with E-state index in [1.54, 1.807) is 24.3 Å². The van der Waals surface area contributed by atoms with Crippen molar-refractivity contribution in [2.45, 2.75) is 40.8 Å². The van der Waals surface area contributed by atoms with E-state index >= 15 is 0 Å². The maximum atomic E-state index is 12.6. The van der Waals surface area contributed by atoms with Crippen molar-refractivity contribution >= 4 is 17.5 Å². The van der Waals surface area contributed by atoms with Gasteiger partial charge in [0.25, 0.3) is 5.91 Å². The van der Waals surface area contributed by atoms with Gasteiger partial charge in [-0.15, -0.1) is 0 Å². The number of carbonyl (C=O) groups excluding carboxylic acids is 2. The Morgan fingerprint density at radius 1 is 1.10 bits per heavy atom. The summed E-state index contributed by atoms with van der Waals surface area (Å²) in [4.78, 5) is 24.5. The fourth-order valence-corrected chi connectivity index (χ4v) is 2.92. The number of amides is 2. The largest absolute Gasteiger partial charge is 0.489 e. The van der Waals surface area contributed by atoms with Crippen LogP contribution in [0.5, 0.6) is 5.75 Å². The monoisotopic (exact) mass is 421 g/mol. The number of benzene rings is 2. The minimum absolute atomic E-state index is 0.0467. The summed E-state index contributed by atoms with van der Waals surface area (Å²) in [6, 6.07) is 14.4. The summed E-state index contributed by atoms with van der Waals surface area (Å²) in [5, 5.41) is 9.68. The molecule has 3 rings (SSSR count). The van der Waals surface area contributed by atoms with E-state index in [1.807, 2.05) is 52.0 Å². The van der Waals surface area contributed by atoms with E-state index in [-0.39, 0.29) is 17.7 Å².